The Morgan fingerprint density at radius 1 is 1.09 bits per heavy atom. The van der Waals surface area contributed by atoms with Crippen LogP contribution in [0.4, 0.5) is 8.78 Å². The van der Waals surface area contributed by atoms with Gasteiger partial charge in [-0.2, -0.15) is 13.1 Å². The summed E-state index contributed by atoms with van der Waals surface area (Å²) >= 11 is 15.1. The molecule has 2 unspecified atom stereocenters. The minimum absolute atomic E-state index is 0.0111. The Labute approximate surface area is 283 Å². The number of sulfonamides is 1. The van der Waals surface area contributed by atoms with Crippen molar-refractivity contribution in [3.05, 3.63) is 81.6 Å². The largest absolute Gasteiger partial charge is 0.489 e. The second kappa shape index (κ2) is 13.8. The maximum Gasteiger partial charge on any atom is 0.387 e. The van der Waals surface area contributed by atoms with Crippen molar-refractivity contribution >= 4 is 72.4 Å². The average molecular weight is 730 g/mol. The van der Waals surface area contributed by atoms with Crippen LogP contribution in [-0.4, -0.2) is 54.6 Å². The highest BCUT2D eigenvalue weighted by atomic mass is 35.5. The van der Waals surface area contributed by atoms with Gasteiger partial charge in [0.25, 0.3) is 10.0 Å². The van der Waals surface area contributed by atoms with Crippen LogP contribution < -0.4 is 9.47 Å². The molecule has 8 nitrogen and oxygen atoms in total. The second-order valence-electron chi connectivity index (χ2n) is 11.0. The zero-order chi connectivity index (χ0) is 32.6. The highest BCUT2D eigenvalue weighted by Gasteiger charge is 2.43. The van der Waals surface area contributed by atoms with E-state index in [1.54, 1.807) is 6.07 Å². The molecule has 0 radical (unpaired) electrons. The third-order valence-electron chi connectivity index (χ3n) is 7.59. The number of thioether (sulfide) groups is 1. The van der Waals surface area contributed by atoms with Crippen molar-refractivity contribution in [3.8, 4) is 11.5 Å². The lowest BCUT2D eigenvalue weighted by Gasteiger charge is -2.25. The summed E-state index contributed by atoms with van der Waals surface area (Å²) in [4.78, 5) is 17.8. The normalized spacial score (nSPS) is 17.8. The van der Waals surface area contributed by atoms with Crippen LogP contribution in [0.2, 0.25) is 10.0 Å². The number of hydrogen-bond acceptors (Lipinski definition) is 9. The van der Waals surface area contributed by atoms with Gasteiger partial charge in [0.1, 0.15) is 10.3 Å². The molecule has 1 aliphatic carbocycles. The molecule has 1 saturated heterocycles. The number of carbonyl (C=O) groups is 1. The van der Waals surface area contributed by atoms with Crippen molar-refractivity contribution in [2.75, 3.05) is 18.9 Å². The Bertz CT molecular complexity index is 1850. The number of fused-ring (bicyclic) bond motifs is 1. The molecule has 2 aliphatic rings. The van der Waals surface area contributed by atoms with Crippen LogP contribution in [0.1, 0.15) is 35.6 Å². The van der Waals surface area contributed by atoms with Crippen LogP contribution >= 0.6 is 46.3 Å². The van der Waals surface area contributed by atoms with E-state index in [-0.39, 0.29) is 38.7 Å². The second-order valence-corrected chi connectivity index (χ2v) is 16.2. The first-order valence-corrected chi connectivity index (χ1v) is 18.4. The zero-order valence-electron chi connectivity index (χ0n) is 24.3. The molecule has 15 heteroatoms. The molecule has 0 spiro atoms. The monoisotopic (exact) mass is 728 g/mol. The van der Waals surface area contributed by atoms with Gasteiger partial charge < -0.3 is 14.2 Å². The Morgan fingerprint density at radius 3 is 2.57 bits per heavy atom. The van der Waals surface area contributed by atoms with E-state index in [2.05, 4.69) is 9.72 Å². The standard InChI is InChI=1S/C31H28Cl2F2N2O6S3/c1-17-2-7-27-20(10-17)12-28(45-27)46(39,40)37-8-9-44-29(37)30(38)42-25(13-21-22(32)14-36-15-23(21)33)19-5-6-24(43-31(34)35)26(11-19)41-16-18-3-4-18/h2,5-7,10-12,14-15,18,25,29,31H,3-4,8-9,13,16H2,1H3. The first-order chi connectivity index (χ1) is 22.0. The summed E-state index contributed by atoms with van der Waals surface area (Å²) < 4.78 is 72.7. The molecule has 3 heterocycles. The predicted molar refractivity (Wildman–Crippen MR) is 175 cm³/mol. The summed E-state index contributed by atoms with van der Waals surface area (Å²) in [5, 5.41) is 0.112. The van der Waals surface area contributed by atoms with E-state index in [0.717, 1.165) is 55.9 Å². The van der Waals surface area contributed by atoms with Crippen molar-refractivity contribution in [2.24, 2.45) is 5.92 Å². The Hall–Kier alpha value is -2.68. The van der Waals surface area contributed by atoms with Crippen LogP contribution in [0, 0.1) is 12.8 Å². The number of esters is 1. The van der Waals surface area contributed by atoms with Gasteiger partial charge >= 0.3 is 12.6 Å². The molecule has 1 saturated carbocycles. The summed E-state index contributed by atoms with van der Waals surface area (Å²) in [7, 11) is -4.04. The first-order valence-electron chi connectivity index (χ1n) is 14.3. The molecule has 2 aromatic carbocycles. The number of alkyl halides is 2. The summed E-state index contributed by atoms with van der Waals surface area (Å²) in [6.45, 7) is -0.711. The van der Waals surface area contributed by atoms with E-state index >= 15 is 0 Å². The fourth-order valence-electron chi connectivity index (χ4n) is 5.04. The molecule has 2 fully saturated rings. The van der Waals surface area contributed by atoms with E-state index in [0.29, 0.717) is 29.4 Å². The predicted octanol–water partition coefficient (Wildman–Crippen LogP) is 7.89. The lowest BCUT2D eigenvalue weighted by atomic mass is 10.0. The maximum absolute atomic E-state index is 13.8. The van der Waals surface area contributed by atoms with E-state index in [9.17, 15) is 22.0 Å². The van der Waals surface area contributed by atoms with Crippen molar-refractivity contribution in [1.29, 1.82) is 0 Å². The molecule has 0 bridgehead atoms. The van der Waals surface area contributed by atoms with Crippen LogP contribution in [0.25, 0.3) is 10.1 Å². The minimum atomic E-state index is -4.04. The summed E-state index contributed by atoms with van der Waals surface area (Å²) in [5.74, 6) is -0.177. The number of pyridine rings is 1. The van der Waals surface area contributed by atoms with Gasteiger partial charge in [-0.25, -0.2) is 13.2 Å². The fraction of sp³-hybridized carbons (Fsp3) is 0.355. The van der Waals surface area contributed by atoms with Gasteiger partial charge in [0.05, 0.1) is 16.7 Å². The lowest BCUT2D eigenvalue weighted by Crippen LogP contribution is -2.40. The highest BCUT2D eigenvalue weighted by molar-refractivity contribution is 8.02. The Kier molecular flexibility index (Phi) is 9.98. The number of benzene rings is 2. The lowest BCUT2D eigenvalue weighted by molar-refractivity contribution is -0.150. The van der Waals surface area contributed by atoms with Crippen molar-refractivity contribution in [3.63, 3.8) is 0 Å². The number of aromatic nitrogens is 1. The molecule has 0 N–H and O–H groups in total. The number of halogens is 4. The van der Waals surface area contributed by atoms with E-state index in [1.165, 1.54) is 30.6 Å². The molecule has 2 aromatic heterocycles. The third-order valence-corrected chi connectivity index (χ3v) is 13.0. The van der Waals surface area contributed by atoms with Crippen molar-refractivity contribution in [2.45, 2.75) is 48.5 Å². The summed E-state index contributed by atoms with van der Waals surface area (Å²) in [5.41, 5.74) is 1.83. The topological polar surface area (TPSA) is 95.0 Å². The Morgan fingerprint density at radius 2 is 1.85 bits per heavy atom. The van der Waals surface area contributed by atoms with Gasteiger partial charge in [0.15, 0.2) is 16.9 Å². The van der Waals surface area contributed by atoms with Gasteiger partial charge in [-0.15, -0.1) is 23.1 Å². The van der Waals surface area contributed by atoms with Crippen LogP contribution in [-0.2, 0) is 26.0 Å². The van der Waals surface area contributed by atoms with Crippen LogP contribution in [0.15, 0.2) is 59.1 Å². The number of aryl methyl sites for hydroxylation is 1. The minimum Gasteiger partial charge on any atom is -0.489 e. The molecular weight excluding hydrogens is 701 g/mol. The number of hydrogen-bond donors (Lipinski definition) is 0. The number of carbonyl (C=O) groups excluding carboxylic acids is 1. The third kappa shape index (κ3) is 7.39. The van der Waals surface area contributed by atoms with Gasteiger partial charge in [0, 0.05) is 35.8 Å². The number of ether oxygens (including phenoxy) is 3. The van der Waals surface area contributed by atoms with Crippen molar-refractivity contribution < 1.29 is 36.2 Å². The van der Waals surface area contributed by atoms with E-state index in [1.807, 2.05) is 25.1 Å². The fourth-order valence-corrected chi connectivity index (χ4v) is 10.1. The van der Waals surface area contributed by atoms with E-state index < -0.39 is 34.1 Å². The van der Waals surface area contributed by atoms with Gasteiger partial charge in [-0.1, -0.05) is 47.0 Å². The molecule has 2 atom stereocenters. The molecule has 4 aromatic rings. The average Bonchev–Trinajstić information content (AvgIpc) is 3.50. The quantitative estimate of drug-likeness (QED) is 0.136. The SMILES string of the molecule is Cc1ccc2sc(S(=O)(=O)N3CCSC3C(=O)OC(Cc3c(Cl)cncc3Cl)c3ccc(OC(F)F)c(OCC4CC4)c3)cc2c1. The van der Waals surface area contributed by atoms with Gasteiger partial charge in [-0.3, -0.25) is 4.98 Å². The number of rotatable bonds is 12. The number of thiophene rings is 1. The first kappa shape index (κ1) is 33.2. The highest BCUT2D eigenvalue weighted by Crippen LogP contribution is 2.40. The molecule has 46 heavy (non-hydrogen) atoms. The maximum atomic E-state index is 13.8. The molecule has 0 amide bonds. The Balaban J connectivity index is 1.31. The zero-order valence-corrected chi connectivity index (χ0v) is 28.3. The molecular formula is C31H28Cl2F2N2O6S3. The van der Waals surface area contributed by atoms with E-state index in [4.69, 9.17) is 32.7 Å². The molecule has 1 aliphatic heterocycles. The van der Waals surface area contributed by atoms with Crippen LogP contribution in [0.3, 0.4) is 0 Å². The van der Waals surface area contributed by atoms with Crippen molar-refractivity contribution in [1.82, 2.24) is 9.29 Å². The summed E-state index contributed by atoms with van der Waals surface area (Å²) in [6.07, 6.45) is 3.69. The summed E-state index contributed by atoms with van der Waals surface area (Å²) in [6, 6.07) is 11.6. The molecule has 6 rings (SSSR count). The van der Waals surface area contributed by atoms with Gasteiger partial charge in [-0.05, 0) is 66.5 Å². The van der Waals surface area contributed by atoms with Crippen LogP contribution in [0.5, 0.6) is 11.5 Å². The number of nitrogens with zero attached hydrogens (tertiary/aromatic N) is 2. The smallest absolute Gasteiger partial charge is 0.387 e. The van der Waals surface area contributed by atoms with Gasteiger partial charge in [0.2, 0.25) is 0 Å². The molecule has 244 valence electrons.